The molecule has 0 aromatic heterocycles. The van der Waals surface area contributed by atoms with E-state index in [4.69, 9.17) is 16.7 Å². The molecule has 0 spiro atoms. The van der Waals surface area contributed by atoms with Gasteiger partial charge in [0.2, 0.25) is 0 Å². The Morgan fingerprint density at radius 1 is 1.47 bits per heavy atom. The van der Waals surface area contributed by atoms with Crippen molar-refractivity contribution in [2.45, 2.75) is 13.0 Å². The van der Waals surface area contributed by atoms with E-state index in [2.05, 4.69) is 15.9 Å². The van der Waals surface area contributed by atoms with Crippen molar-refractivity contribution in [3.8, 4) is 0 Å². The third-order valence-corrected chi connectivity index (χ3v) is 3.24. The lowest BCUT2D eigenvalue weighted by molar-refractivity contribution is -0.141. The van der Waals surface area contributed by atoms with Crippen molar-refractivity contribution in [3.05, 3.63) is 33.3 Å². The monoisotopic (exact) mass is 319 g/mol. The van der Waals surface area contributed by atoms with Crippen LogP contribution in [0.3, 0.4) is 0 Å². The van der Waals surface area contributed by atoms with E-state index in [-0.39, 0.29) is 5.56 Å². The number of halogens is 2. The maximum Gasteiger partial charge on any atom is 0.326 e. The van der Waals surface area contributed by atoms with Crippen LogP contribution in [0.5, 0.6) is 0 Å². The zero-order valence-corrected chi connectivity index (χ0v) is 11.6. The largest absolute Gasteiger partial charge is 0.480 e. The Kier molecular flexibility index (Phi) is 4.54. The molecule has 6 heteroatoms. The predicted octanol–water partition coefficient (Wildman–Crippen LogP) is 2.65. The number of aliphatic carboxylic acids is 1. The Morgan fingerprint density at radius 3 is 2.59 bits per heavy atom. The molecule has 0 bridgehead atoms. The Hall–Kier alpha value is -1.07. The van der Waals surface area contributed by atoms with Crippen LogP contribution in [-0.2, 0) is 4.79 Å². The molecule has 1 aromatic carbocycles. The van der Waals surface area contributed by atoms with Gasteiger partial charge in [-0.25, -0.2) is 4.79 Å². The van der Waals surface area contributed by atoms with E-state index in [1.165, 1.54) is 14.0 Å². The van der Waals surface area contributed by atoms with E-state index in [1.54, 1.807) is 18.2 Å². The standard InChI is InChI=1S/C11H11BrClNO3/c1-6(11(16)17)14(2)10(15)8-5-7(12)3-4-9(8)13/h3-6H,1-2H3,(H,16,17). The lowest BCUT2D eigenvalue weighted by atomic mass is 10.2. The molecule has 1 unspecified atom stereocenters. The predicted molar refractivity (Wildman–Crippen MR) is 68.3 cm³/mol. The van der Waals surface area contributed by atoms with Crippen LogP contribution >= 0.6 is 27.5 Å². The highest BCUT2D eigenvalue weighted by Crippen LogP contribution is 2.22. The zero-order chi connectivity index (χ0) is 13.2. The zero-order valence-electron chi connectivity index (χ0n) is 9.28. The van der Waals surface area contributed by atoms with Gasteiger partial charge in [0.25, 0.3) is 5.91 Å². The Morgan fingerprint density at radius 2 is 2.06 bits per heavy atom. The van der Waals surface area contributed by atoms with Crippen LogP contribution in [0.1, 0.15) is 17.3 Å². The van der Waals surface area contributed by atoms with Crippen LogP contribution in [-0.4, -0.2) is 35.0 Å². The minimum Gasteiger partial charge on any atom is -0.480 e. The fourth-order valence-corrected chi connectivity index (χ4v) is 1.75. The van der Waals surface area contributed by atoms with E-state index in [1.807, 2.05) is 0 Å². The molecule has 0 fully saturated rings. The Labute approximate surface area is 112 Å². The summed E-state index contributed by atoms with van der Waals surface area (Å²) in [5.41, 5.74) is 0.275. The molecule has 1 N–H and O–H groups in total. The summed E-state index contributed by atoms with van der Waals surface area (Å²) in [6, 6.07) is 3.95. The first-order valence-electron chi connectivity index (χ1n) is 4.79. The van der Waals surface area contributed by atoms with Gasteiger partial charge in [-0.05, 0) is 25.1 Å². The van der Waals surface area contributed by atoms with Crippen molar-refractivity contribution >= 4 is 39.4 Å². The molecule has 0 saturated carbocycles. The van der Waals surface area contributed by atoms with Gasteiger partial charge in [-0.3, -0.25) is 4.79 Å². The minimum atomic E-state index is -1.06. The van der Waals surface area contributed by atoms with Gasteiger partial charge >= 0.3 is 5.97 Å². The molecule has 1 atom stereocenters. The summed E-state index contributed by atoms with van der Waals surface area (Å²) in [7, 11) is 1.43. The van der Waals surface area contributed by atoms with E-state index >= 15 is 0 Å². The first kappa shape index (κ1) is 14.0. The van der Waals surface area contributed by atoms with Crippen LogP contribution in [0.15, 0.2) is 22.7 Å². The van der Waals surface area contributed by atoms with Gasteiger partial charge in [0, 0.05) is 11.5 Å². The SMILES string of the molecule is CC(C(=O)O)N(C)C(=O)c1cc(Br)ccc1Cl. The highest BCUT2D eigenvalue weighted by Gasteiger charge is 2.24. The molecule has 92 valence electrons. The number of hydrogen-bond acceptors (Lipinski definition) is 2. The minimum absolute atomic E-state index is 0.275. The van der Waals surface area contributed by atoms with E-state index in [9.17, 15) is 9.59 Å². The summed E-state index contributed by atoms with van der Waals surface area (Å²) in [6.45, 7) is 1.44. The van der Waals surface area contributed by atoms with Crippen LogP contribution in [0, 0.1) is 0 Å². The third-order valence-electron chi connectivity index (χ3n) is 2.42. The summed E-state index contributed by atoms with van der Waals surface area (Å²) in [4.78, 5) is 23.9. The number of carboxylic acid groups (broad SMARTS) is 1. The topological polar surface area (TPSA) is 57.6 Å². The molecule has 0 radical (unpaired) electrons. The molecule has 0 aliphatic rings. The summed E-state index contributed by atoms with van der Waals surface area (Å²) >= 11 is 9.14. The number of carboxylic acids is 1. The average molecular weight is 321 g/mol. The van der Waals surface area contributed by atoms with Gasteiger partial charge in [-0.1, -0.05) is 27.5 Å². The highest BCUT2D eigenvalue weighted by atomic mass is 79.9. The van der Waals surface area contributed by atoms with Gasteiger partial charge in [-0.15, -0.1) is 0 Å². The van der Waals surface area contributed by atoms with Crippen LogP contribution in [0.2, 0.25) is 5.02 Å². The van der Waals surface area contributed by atoms with Gasteiger partial charge in [0.1, 0.15) is 6.04 Å². The number of rotatable bonds is 3. The lowest BCUT2D eigenvalue weighted by Gasteiger charge is -2.22. The second-order valence-electron chi connectivity index (χ2n) is 3.55. The van der Waals surface area contributed by atoms with Crippen molar-refractivity contribution in [3.63, 3.8) is 0 Å². The maximum absolute atomic E-state index is 12.0. The van der Waals surface area contributed by atoms with Gasteiger partial charge in [0.15, 0.2) is 0 Å². The number of benzene rings is 1. The molecule has 0 aliphatic carbocycles. The molecule has 17 heavy (non-hydrogen) atoms. The summed E-state index contributed by atoms with van der Waals surface area (Å²) in [5.74, 6) is -1.49. The van der Waals surface area contributed by atoms with E-state index < -0.39 is 17.9 Å². The second-order valence-corrected chi connectivity index (χ2v) is 4.88. The lowest BCUT2D eigenvalue weighted by Crippen LogP contribution is -2.40. The number of amides is 1. The summed E-state index contributed by atoms with van der Waals surface area (Å²) in [5, 5.41) is 9.13. The van der Waals surface area contributed by atoms with Gasteiger partial charge in [0.05, 0.1) is 10.6 Å². The number of carbonyl (C=O) groups excluding carboxylic acids is 1. The molecule has 0 aliphatic heterocycles. The van der Waals surface area contributed by atoms with Crippen molar-refractivity contribution in [2.75, 3.05) is 7.05 Å². The molecule has 4 nitrogen and oxygen atoms in total. The highest BCUT2D eigenvalue weighted by molar-refractivity contribution is 9.10. The van der Waals surface area contributed by atoms with E-state index in [0.29, 0.717) is 9.50 Å². The first-order valence-corrected chi connectivity index (χ1v) is 5.96. The van der Waals surface area contributed by atoms with Crippen LogP contribution in [0.25, 0.3) is 0 Å². The van der Waals surface area contributed by atoms with Crippen molar-refractivity contribution in [2.24, 2.45) is 0 Å². The fraction of sp³-hybridized carbons (Fsp3) is 0.273. The van der Waals surface area contributed by atoms with Crippen molar-refractivity contribution in [1.29, 1.82) is 0 Å². The Bertz CT molecular complexity index is 464. The van der Waals surface area contributed by atoms with Gasteiger partial charge < -0.3 is 10.0 Å². The molecule has 0 heterocycles. The van der Waals surface area contributed by atoms with E-state index in [0.717, 1.165) is 4.90 Å². The maximum atomic E-state index is 12.0. The quantitative estimate of drug-likeness (QED) is 0.931. The van der Waals surface area contributed by atoms with Crippen molar-refractivity contribution < 1.29 is 14.7 Å². The number of hydrogen-bond donors (Lipinski definition) is 1. The average Bonchev–Trinajstić information content (AvgIpc) is 2.29. The summed E-state index contributed by atoms with van der Waals surface area (Å²) in [6.07, 6.45) is 0. The Balaban J connectivity index is 3.04. The molecule has 1 amide bonds. The van der Waals surface area contributed by atoms with Crippen LogP contribution in [0.4, 0.5) is 0 Å². The molecular formula is C11H11BrClNO3. The normalized spacial score (nSPS) is 12.0. The molecular weight excluding hydrogens is 309 g/mol. The molecule has 1 rings (SSSR count). The van der Waals surface area contributed by atoms with Crippen molar-refractivity contribution in [1.82, 2.24) is 4.90 Å². The number of likely N-dealkylation sites (N-methyl/N-ethyl adjacent to an activating group) is 1. The molecule has 0 saturated heterocycles. The fourth-order valence-electron chi connectivity index (χ4n) is 1.19. The smallest absolute Gasteiger partial charge is 0.326 e. The summed E-state index contributed by atoms with van der Waals surface area (Å²) < 4.78 is 0.710. The van der Waals surface area contributed by atoms with Crippen LogP contribution < -0.4 is 0 Å². The number of nitrogens with zero attached hydrogens (tertiary/aromatic N) is 1. The third kappa shape index (κ3) is 3.20. The number of carbonyl (C=O) groups is 2. The molecule has 1 aromatic rings. The second kappa shape index (κ2) is 5.51. The van der Waals surface area contributed by atoms with Gasteiger partial charge in [-0.2, -0.15) is 0 Å². The first-order chi connectivity index (χ1) is 7.84.